The third-order valence-corrected chi connectivity index (χ3v) is 5.24. The van der Waals surface area contributed by atoms with Gasteiger partial charge in [0.15, 0.2) is 17.5 Å². The normalized spacial score (nSPS) is 15.4. The van der Waals surface area contributed by atoms with Crippen LogP contribution in [0.5, 0.6) is 11.5 Å². The molecule has 3 rings (SSSR count). The lowest BCUT2D eigenvalue weighted by molar-refractivity contribution is 0.245. The molecule has 0 amide bonds. The first-order valence-corrected chi connectivity index (χ1v) is 9.90. The molecule has 1 fully saturated rings. The molecule has 1 unspecified atom stereocenters. The van der Waals surface area contributed by atoms with Gasteiger partial charge < -0.3 is 20.5 Å². The van der Waals surface area contributed by atoms with E-state index >= 15 is 0 Å². The number of ether oxygens (including phenoxy) is 1. The lowest BCUT2D eigenvalue weighted by Gasteiger charge is -2.29. The van der Waals surface area contributed by atoms with Crippen molar-refractivity contribution in [2.75, 3.05) is 33.8 Å². The van der Waals surface area contributed by atoms with Crippen molar-refractivity contribution in [3.05, 3.63) is 59.4 Å². The van der Waals surface area contributed by atoms with Gasteiger partial charge in [-0.2, -0.15) is 0 Å². The second-order valence-corrected chi connectivity index (χ2v) is 7.12. The molecule has 1 aliphatic heterocycles. The third kappa shape index (κ3) is 6.46. The highest BCUT2D eigenvalue weighted by Gasteiger charge is 2.23. The number of likely N-dealkylation sites (tertiary alicyclic amines) is 1. The Balaban J connectivity index is 0.00000320. The van der Waals surface area contributed by atoms with Crippen LogP contribution in [0.4, 0.5) is 4.39 Å². The largest absolute Gasteiger partial charge is 0.505 e. The molecule has 0 aliphatic carbocycles. The van der Waals surface area contributed by atoms with E-state index in [1.165, 1.54) is 30.5 Å². The first-order chi connectivity index (χ1) is 14.1. The number of aliphatic imine (C=N–C) groups is 1. The highest BCUT2D eigenvalue weighted by atomic mass is 127. The predicted octanol–water partition coefficient (Wildman–Crippen LogP) is 3.66. The van der Waals surface area contributed by atoms with E-state index in [0.29, 0.717) is 19.0 Å². The number of guanidine groups is 1. The average molecular weight is 528 g/mol. The van der Waals surface area contributed by atoms with Crippen LogP contribution in [0.2, 0.25) is 0 Å². The van der Waals surface area contributed by atoms with E-state index in [9.17, 15) is 9.50 Å². The van der Waals surface area contributed by atoms with Gasteiger partial charge in [0.25, 0.3) is 0 Å². The number of hydrogen-bond donors (Lipinski definition) is 3. The lowest BCUT2D eigenvalue weighted by atomic mass is 10.1. The summed E-state index contributed by atoms with van der Waals surface area (Å²) in [5.41, 5.74) is 1.96. The van der Waals surface area contributed by atoms with Crippen LogP contribution in [0.25, 0.3) is 0 Å². The summed E-state index contributed by atoms with van der Waals surface area (Å²) < 4.78 is 18.8. The second kappa shape index (κ2) is 11.9. The minimum atomic E-state index is -0.624. The summed E-state index contributed by atoms with van der Waals surface area (Å²) in [6.07, 6.45) is 2.43. The fourth-order valence-electron chi connectivity index (χ4n) is 3.60. The van der Waals surface area contributed by atoms with E-state index in [-0.39, 0.29) is 35.8 Å². The molecule has 2 aromatic carbocycles. The number of halogens is 2. The SMILES string of the molecule is CN=C(NCc1ccc(O)c(F)c1)NCC(c1ccc(OC)cc1)N1CCCC1.I. The van der Waals surface area contributed by atoms with Crippen LogP contribution < -0.4 is 15.4 Å². The Morgan fingerprint density at radius 3 is 2.47 bits per heavy atom. The summed E-state index contributed by atoms with van der Waals surface area (Å²) in [5.74, 6) is 0.529. The molecular formula is C22H30FIN4O2. The monoisotopic (exact) mass is 528 g/mol. The van der Waals surface area contributed by atoms with Gasteiger partial charge in [0, 0.05) is 20.1 Å². The zero-order chi connectivity index (χ0) is 20.6. The minimum absolute atomic E-state index is 0. The van der Waals surface area contributed by atoms with Crippen molar-refractivity contribution in [3.63, 3.8) is 0 Å². The molecule has 6 nitrogen and oxygen atoms in total. The number of aromatic hydroxyl groups is 1. The van der Waals surface area contributed by atoms with Crippen molar-refractivity contribution in [2.24, 2.45) is 4.99 Å². The van der Waals surface area contributed by atoms with Crippen LogP contribution in [0.3, 0.4) is 0 Å². The molecule has 0 saturated carbocycles. The number of methoxy groups -OCH3 is 1. The molecule has 30 heavy (non-hydrogen) atoms. The summed E-state index contributed by atoms with van der Waals surface area (Å²) in [6, 6.07) is 12.8. The molecule has 3 N–H and O–H groups in total. The van der Waals surface area contributed by atoms with Gasteiger partial charge in [-0.3, -0.25) is 9.89 Å². The van der Waals surface area contributed by atoms with E-state index in [4.69, 9.17) is 4.74 Å². The second-order valence-electron chi connectivity index (χ2n) is 7.12. The molecule has 2 aromatic rings. The van der Waals surface area contributed by atoms with Gasteiger partial charge in [-0.05, 0) is 61.3 Å². The van der Waals surface area contributed by atoms with E-state index < -0.39 is 5.82 Å². The lowest BCUT2D eigenvalue weighted by Crippen LogP contribution is -2.42. The quantitative estimate of drug-likeness (QED) is 0.291. The topological polar surface area (TPSA) is 69.1 Å². The maximum absolute atomic E-state index is 13.5. The van der Waals surface area contributed by atoms with Crippen molar-refractivity contribution < 1.29 is 14.2 Å². The van der Waals surface area contributed by atoms with E-state index in [1.807, 2.05) is 12.1 Å². The van der Waals surface area contributed by atoms with Crippen molar-refractivity contribution >= 4 is 29.9 Å². The Hall–Kier alpha value is -2.07. The Morgan fingerprint density at radius 2 is 1.87 bits per heavy atom. The van der Waals surface area contributed by atoms with Crippen LogP contribution in [-0.2, 0) is 6.54 Å². The van der Waals surface area contributed by atoms with Gasteiger partial charge in [0.2, 0.25) is 0 Å². The van der Waals surface area contributed by atoms with Gasteiger partial charge in [0.05, 0.1) is 13.2 Å². The molecule has 0 bridgehead atoms. The van der Waals surface area contributed by atoms with Crippen LogP contribution in [0, 0.1) is 5.82 Å². The van der Waals surface area contributed by atoms with Crippen LogP contribution in [0.15, 0.2) is 47.5 Å². The molecule has 0 radical (unpaired) electrons. The molecule has 1 atom stereocenters. The highest BCUT2D eigenvalue weighted by Crippen LogP contribution is 2.26. The Labute approximate surface area is 194 Å². The Bertz CT molecular complexity index is 826. The Morgan fingerprint density at radius 1 is 1.17 bits per heavy atom. The number of rotatable bonds is 7. The van der Waals surface area contributed by atoms with E-state index in [0.717, 1.165) is 24.4 Å². The first-order valence-electron chi connectivity index (χ1n) is 9.90. The average Bonchev–Trinajstić information content (AvgIpc) is 3.28. The Kier molecular flexibility index (Phi) is 9.64. The standard InChI is InChI=1S/C22H29FN4O2.HI/c1-24-22(25-14-16-5-10-21(28)19(23)13-16)26-15-20(27-11-3-4-12-27)17-6-8-18(29-2)9-7-17;/h5-10,13,20,28H,3-4,11-12,14-15H2,1-2H3,(H2,24,25,26);1H. The van der Waals surface area contributed by atoms with Gasteiger partial charge >= 0.3 is 0 Å². The highest BCUT2D eigenvalue weighted by molar-refractivity contribution is 14.0. The number of benzene rings is 2. The van der Waals surface area contributed by atoms with E-state index in [2.05, 4.69) is 32.7 Å². The minimum Gasteiger partial charge on any atom is -0.505 e. The van der Waals surface area contributed by atoms with Gasteiger partial charge in [-0.15, -0.1) is 24.0 Å². The first kappa shape index (κ1) is 24.2. The van der Waals surface area contributed by atoms with Gasteiger partial charge in [-0.25, -0.2) is 4.39 Å². The number of hydrogen-bond acceptors (Lipinski definition) is 4. The van der Waals surface area contributed by atoms with Crippen molar-refractivity contribution in [1.29, 1.82) is 0 Å². The summed E-state index contributed by atoms with van der Waals surface area (Å²) in [4.78, 5) is 6.76. The van der Waals surface area contributed by atoms with Crippen LogP contribution in [0.1, 0.15) is 30.0 Å². The smallest absolute Gasteiger partial charge is 0.191 e. The fourth-order valence-corrected chi connectivity index (χ4v) is 3.60. The van der Waals surface area contributed by atoms with Crippen LogP contribution >= 0.6 is 24.0 Å². The third-order valence-electron chi connectivity index (χ3n) is 5.24. The molecule has 0 spiro atoms. The van der Waals surface area contributed by atoms with Crippen LogP contribution in [-0.4, -0.2) is 49.8 Å². The summed E-state index contributed by atoms with van der Waals surface area (Å²) in [6.45, 7) is 3.28. The molecular weight excluding hydrogens is 498 g/mol. The predicted molar refractivity (Wildman–Crippen MR) is 128 cm³/mol. The summed E-state index contributed by atoms with van der Waals surface area (Å²) >= 11 is 0. The number of nitrogens with one attached hydrogen (secondary N) is 2. The number of nitrogens with zero attached hydrogens (tertiary/aromatic N) is 2. The molecule has 1 aliphatic rings. The maximum Gasteiger partial charge on any atom is 0.191 e. The molecule has 0 aromatic heterocycles. The number of phenolic OH excluding ortho intramolecular Hbond substituents is 1. The molecule has 1 heterocycles. The summed E-state index contributed by atoms with van der Waals surface area (Å²) in [5, 5.41) is 15.9. The van der Waals surface area contributed by atoms with Crippen molar-refractivity contribution in [3.8, 4) is 11.5 Å². The molecule has 1 saturated heterocycles. The molecule has 8 heteroatoms. The fraction of sp³-hybridized carbons (Fsp3) is 0.409. The zero-order valence-electron chi connectivity index (χ0n) is 17.4. The summed E-state index contributed by atoms with van der Waals surface area (Å²) in [7, 11) is 3.38. The van der Waals surface area contributed by atoms with E-state index in [1.54, 1.807) is 20.2 Å². The van der Waals surface area contributed by atoms with Gasteiger partial charge in [-0.1, -0.05) is 18.2 Å². The maximum atomic E-state index is 13.5. The van der Waals surface area contributed by atoms with Crippen molar-refractivity contribution in [1.82, 2.24) is 15.5 Å². The van der Waals surface area contributed by atoms with Gasteiger partial charge in [0.1, 0.15) is 5.75 Å². The van der Waals surface area contributed by atoms with Crippen molar-refractivity contribution in [2.45, 2.75) is 25.4 Å². The zero-order valence-corrected chi connectivity index (χ0v) is 19.7. The number of phenols is 1. The molecule has 164 valence electrons.